The highest BCUT2D eigenvalue weighted by Crippen LogP contribution is 2.19. The zero-order valence-electron chi connectivity index (χ0n) is 12.7. The highest BCUT2D eigenvalue weighted by atomic mass is 19.1. The minimum atomic E-state index is -0.910. The van der Waals surface area contributed by atoms with Crippen molar-refractivity contribution in [3.8, 4) is 0 Å². The summed E-state index contributed by atoms with van der Waals surface area (Å²) in [6.07, 6.45) is -0.866. The van der Waals surface area contributed by atoms with Crippen LogP contribution in [0.15, 0.2) is 24.3 Å². The molecule has 118 valence electrons. The number of benzene rings is 1. The largest absolute Gasteiger partial charge is 0.469 e. The molecule has 0 amide bonds. The molecule has 0 aliphatic carbocycles. The summed E-state index contributed by atoms with van der Waals surface area (Å²) in [5.41, 5.74) is 0.558. The summed E-state index contributed by atoms with van der Waals surface area (Å²) in [6, 6.07) is 5.11. The molecule has 0 saturated heterocycles. The Bertz CT molecular complexity index is 437. The van der Waals surface area contributed by atoms with Crippen LogP contribution in [0.25, 0.3) is 0 Å². The van der Waals surface area contributed by atoms with Gasteiger partial charge in [-0.15, -0.1) is 0 Å². The molecule has 0 bridgehead atoms. The molecule has 0 aliphatic heterocycles. The lowest BCUT2D eigenvalue weighted by atomic mass is 9.99. The van der Waals surface area contributed by atoms with E-state index in [-0.39, 0.29) is 12.2 Å². The van der Waals surface area contributed by atoms with E-state index >= 15 is 0 Å². The van der Waals surface area contributed by atoms with Gasteiger partial charge in [-0.3, -0.25) is 4.79 Å². The van der Waals surface area contributed by atoms with Crippen LogP contribution in [-0.4, -0.2) is 56.3 Å². The highest BCUT2D eigenvalue weighted by Gasteiger charge is 2.23. The molecule has 6 heteroatoms. The normalized spacial score (nSPS) is 14.0. The molecule has 2 N–H and O–H groups in total. The SMILES string of the molecule is COC(=O)CC(NCCN(C)C)C(O)c1ccc(F)cc1. The van der Waals surface area contributed by atoms with Gasteiger partial charge < -0.3 is 20.1 Å². The molecular weight excluding hydrogens is 275 g/mol. The number of nitrogens with one attached hydrogen (secondary N) is 1. The summed E-state index contributed by atoms with van der Waals surface area (Å²) < 4.78 is 17.6. The third-order valence-electron chi connectivity index (χ3n) is 3.17. The Morgan fingerprint density at radius 1 is 1.38 bits per heavy atom. The monoisotopic (exact) mass is 298 g/mol. The molecule has 2 atom stereocenters. The van der Waals surface area contributed by atoms with Crippen molar-refractivity contribution in [1.82, 2.24) is 10.2 Å². The topological polar surface area (TPSA) is 61.8 Å². The van der Waals surface area contributed by atoms with Crippen LogP contribution in [0.3, 0.4) is 0 Å². The van der Waals surface area contributed by atoms with Gasteiger partial charge in [-0.2, -0.15) is 0 Å². The predicted molar refractivity (Wildman–Crippen MR) is 78.3 cm³/mol. The van der Waals surface area contributed by atoms with Crippen LogP contribution in [0.4, 0.5) is 4.39 Å². The Balaban J connectivity index is 2.73. The number of hydrogen-bond acceptors (Lipinski definition) is 5. The van der Waals surface area contributed by atoms with Gasteiger partial charge in [0.05, 0.1) is 19.6 Å². The maximum absolute atomic E-state index is 12.9. The Morgan fingerprint density at radius 2 is 2.00 bits per heavy atom. The number of carbonyl (C=O) groups is 1. The van der Waals surface area contributed by atoms with Crippen LogP contribution in [0.5, 0.6) is 0 Å². The molecule has 1 aromatic carbocycles. The van der Waals surface area contributed by atoms with E-state index in [9.17, 15) is 14.3 Å². The lowest BCUT2D eigenvalue weighted by molar-refractivity contribution is -0.142. The van der Waals surface area contributed by atoms with Crippen LogP contribution in [-0.2, 0) is 9.53 Å². The van der Waals surface area contributed by atoms with Gasteiger partial charge >= 0.3 is 5.97 Å². The van der Waals surface area contributed by atoms with Crippen molar-refractivity contribution < 1.29 is 19.0 Å². The van der Waals surface area contributed by atoms with Crippen molar-refractivity contribution >= 4 is 5.97 Å². The van der Waals surface area contributed by atoms with Gasteiger partial charge in [-0.05, 0) is 31.8 Å². The molecule has 0 aliphatic rings. The van der Waals surface area contributed by atoms with E-state index in [0.717, 1.165) is 6.54 Å². The summed E-state index contributed by atoms with van der Waals surface area (Å²) in [7, 11) is 5.18. The van der Waals surface area contributed by atoms with Crippen LogP contribution >= 0.6 is 0 Å². The third kappa shape index (κ3) is 6.20. The fourth-order valence-electron chi connectivity index (χ4n) is 1.92. The number of halogens is 1. The van der Waals surface area contributed by atoms with Crippen molar-refractivity contribution in [3.05, 3.63) is 35.6 Å². The minimum absolute atomic E-state index is 0.0441. The van der Waals surface area contributed by atoms with Gasteiger partial charge in [0.1, 0.15) is 5.82 Å². The van der Waals surface area contributed by atoms with Gasteiger partial charge in [0.15, 0.2) is 0 Å². The fraction of sp³-hybridized carbons (Fsp3) is 0.533. The second-order valence-corrected chi connectivity index (χ2v) is 5.14. The van der Waals surface area contributed by atoms with E-state index < -0.39 is 18.1 Å². The molecule has 5 nitrogen and oxygen atoms in total. The molecular formula is C15H23FN2O3. The predicted octanol–water partition coefficient (Wildman–Crippen LogP) is 0.942. The number of hydrogen-bond donors (Lipinski definition) is 2. The van der Waals surface area contributed by atoms with E-state index in [1.807, 2.05) is 19.0 Å². The molecule has 0 aromatic heterocycles. The molecule has 0 fully saturated rings. The molecule has 1 rings (SSSR count). The second-order valence-electron chi connectivity index (χ2n) is 5.14. The van der Waals surface area contributed by atoms with E-state index in [1.165, 1.54) is 31.4 Å². The summed E-state index contributed by atoms with van der Waals surface area (Å²) in [6.45, 7) is 1.39. The number of likely N-dealkylation sites (N-methyl/N-ethyl adjacent to an activating group) is 1. The first-order valence-corrected chi connectivity index (χ1v) is 6.82. The summed E-state index contributed by atoms with van der Waals surface area (Å²) in [4.78, 5) is 13.5. The average Bonchev–Trinajstić information content (AvgIpc) is 2.45. The number of carbonyl (C=O) groups excluding carboxylic acids is 1. The van der Waals surface area contributed by atoms with E-state index in [1.54, 1.807) is 0 Å². The first-order valence-electron chi connectivity index (χ1n) is 6.82. The smallest absolute Gasteiger partial charge is 0.307 e. The van der Waals surface area contributed by atoms with Gasteiger partial charge in [0.25, 0.3) is 0 Å². The first kappa shape index (κ1) is 17.6. The molecule has 1 aromatic rings. The Morgan fingerprint density at radius 3 is 2.52 bits per heavy atom. The zero-order chi connectivity index (χ0) is 15.8. The summed E-state index contributed by atoms with van der Waals surface area (Å²) in [5, 5.41) is 13.5. The average molecular weight is 298 g/mol. The van der Waals surface area contributed by atoms with Crippen molar-refractivity contribution in [2.75, 3.05) is 34.3 Å². The van der Waals surface area contributed by atoms with Crippen molar-refractivity contribution in [1.29, 1.82) is 0 Å². The Kier molecular flexibility index (Phi) is 7.28. The van der Waals surface area contributed by atoms with Crippen molar-refractivity contribution in [3.63, 3.8) is 0 Å². The Hall–Kier alpha value is -1.50. The standard InChI is InChI=1S/C15H23FN2O3/c1-18(2)9-8-17-13(10-14(19)21-3)15(20)11-4-6-12(16)7-5-11/h4-7,13,15,17,20H,8-10H2,1-3H3. The van der Waals surface area contributed by atoms with Crippen LogP contribution in [0.2, 0.25) is 0 Å². The number of aliphatic hydroxyl groups excluding tert-OH is 1. The number of ether oxygens (including phenoxy) is 1. The summed E-state index contributed by atoms with van der Waals surface area (Å²) >= 11 is 0. The first-order chi connectivity index (χ1) is 9.93. The lowest BCUT2D eigenvalue weighted by Crippen LogP contribution is -2.40. The number of nitrogens with zero attached hydrogens (tertiary/aromatic N) is 1. The fourth-order valence-corrected chi connectivity index (χ4v) is 1.92. The lowest BCUT2D eigenvalue weighted by Gasteiger charge is -2.24. The second kappa shape index (κ2) is 8.71. The number of aliphatic hydroxyl groups is 1. The van der Waals surface area contributed by atoms with Crippen LogP contribution < -0.4 is 5.32 Å². The maximum Gasteiger partial charge on any atom is 0.307 e. The molecule has 0 saturated carbocycles. The van der Waals surface area contributed by atoms with Crippen molar-refractivity contribution in [2.24, 2.45) is 0 Å². The van der Waals surface area contributed by atoms with Gasteiger partial charge in [0, 0.05) is 19.1 Å². The molecule has 0 radical (unpaired) electrons. The quantitative estimate of drug-likeness (QED) is 0.700. The Labute approximate surface area is 124 Å². The zero-order valence-corrected chi connectivity index (χ0v) is 12.7. The highest BCUT2D eigenvalue weighted by molar-refractivity contribution is 5.70. The van der Waals surface area contributed by atoms with Gasteiger partial charge in [0.2, 0.25) is 0 Å². The molecule has 2 unspecified atom stereocenters. The molecule has 21 heavy (non-hydrogen) atoms. The molecule has 0 heterocycles. The van der Waals surface area contributed by atoms with E-state index in [2.05, 4.69) is 10.1 Å². The number of rotatable bonds is 8. The van der Waals surface area contributed by atoms with E-state index in [4.69, 9.17) is 0 Å². The van der Waals surface area contributed by atoms with E-state index in [0.29, 0.717) is 12.1 Å². The van der Waals surface area contributed by atoms with Crippen LogP contribution in [0.1, 0.15) is 18.1 Å². The van der Waals surface area contributed by atoms with Gasteiger partial charge in [-0.1, -0.05) is 12.1 Å². The third-order valence-corrected chi connectivity index (χ3v) is 3.17. The summed E-state index contributed by atoms with van der Waals surface area (Å²) in [5.74, 6) is -0.769. The number of esters is 1. The maximum atomic E-state index is 12.9. The van der Waals surface area contributed by atoms with Crippen molar-refractivity contribution in [2.45, 2.75) is 18.6 Å². The number of methoxy groups -OCH3 is 1. The van der Waals surface area contributed by atoms with Gasteiger partial charge in [-0.25, -0.2) is 4.39 Å². The molecule has 0 spiro atoms. The minimum Gasteiger partial charge on any atom is -0.469 e. The van der Waals surface area contributed by atoms with Crippen LogP contribution in [0, 0.1) is 5.82 Å².